The Morgan fingerprint density at radius 1 is 0.815 bits per heavy atom. The predicted octanol–water partition coefficient (Wildman–Crippen LogP) is 4.03. The molecule has 0 spiro atoms. The normalized spacial score (nSPS) is 10.4. The van der Waals surface area contributed by atoms with Crippen LogP contribution in [0.4, 0.5) is 0 Å². The van der Waals surface area contributed by atoms with Crippen molar-refractivity contribution in [2.75, 3.05) is 0 Å². The summed E-state index contributed by atoms with van der Waals surface area (Å²) in [5.74, 6) is -2.34. The molecule has 3 N–H and O–H groups in total. The van der Waals surface area contributed by atoms with Crippen LogP contribution in [0.15, 0.2) is 66.7 Å². The van der Waals surface area contributed by atoms with Gasteiger partial charge in [-0.25, -0.2) is 9.59 Å². The van der Waals surface area contributed by atoms with Crippen LogP contribution in [0.3, 0.4) is 0 Å². The molecule has 0 aliphatic heterocycles. The van der Waals surface area contributed by atoms with Crippen LogP contribution in [0.2, 0.25) is 0 Å². The summed E-state index contributed by atoms with van der Waals surface area (Å²) in [6, 6.07) is 17.7. The molecule has 0 aromatic heterocycles. The molecule has 0 amide bonds. The fraction of sp³-hybridized carbons (Fsp3) is 0.0476. The second-order valence-electron chi connectivity index (χ2n) is 5.86. The van der Waals surface area contributed by atoms with Gasteiger partial charge in [0.25, 0.3) is 0 Å². The zero-order valence-electron chi connectivity index (χ0n) is 14.1. The Balaban J connectivity index is 1.98. The molecule has 0 heterocycles. The first-order chi connectivity index (χ1) is 12.9. The SMILES string of the molecule is O=C(O)c1cc(O)cc(-c2ccc(C(=O)O)c(OCc3ccccc3)c2)c1. The number of rotatable bonds is 6. The standard InChI is InChI=1S/C21H16O6/c22-17-9-15(8-16(10-17)20(23)24)14-6-7-18(21(25)26)19(11-14)27-12-13-4-2-1-3-5-13/h1-11,22H,12H2,(H,23,24)(H,25,26). The van der Waals surface area contributed by atoms with Crippen molar-refractivity contribution in [1.82, 2.24) is 0 Å². The Morgan fingerprint density at radius 3 is 2.22 bits per heavy atom. The van der Waals surface area contributed by atoms with Crippen LogP contribution < -0.4 is 4.74 Å². The average molecular weight is 364 g/mol. The van der Waals surface area contributed by atoms with Crippen molar-refractivity contribution in [3.8, 4) is 22.6 Å². The fourth-order valence-corrected chi connectivity index (χ4v) is 2.63. The second-order valence-corrected chi connectivity index (χ2v) is 5.86. The van der Waals surface area contributed by atoms with Gasteiger partial charge in [0.2, 0.25) is 0 Å². The molecule has 0 aliphatic carbocycles. The van der Waals surface area contributed by atoms with E-state index in [1.165, 1.54) is 24.3 Å². The maximum atomic E-state index is 11.5. The van der Waals surface area contributed by atoms with Gasteiger partial charge in [-0.1, -0.05) is 36.4 Å². The number of aromatic hydroxyl groups is 1. The van der Waals surface area contributed by atoms with Crippen molar-refractivity contribution < 1.29 is 29.6 Å². The third kappa shape index (κ3) is 4.24. The molecule has 6 heteroatoms. The number of carboxylic acid groups (broad SMARTS) is 2. The molecule has 0 unspecified atom stereocenters. The van der Waals surface area contributed by atoms with Crippen LogP contribution in [0, 0.1) is 0 Å². The number of benzene rings is 3. The van der Waals surface area contributed by atoms with Crippen LogP contribution >= 0.6 is 0 Å². The molecule has 0 bridgehead atoms. The lowest BCUT2D eigenvalue weighted by Gasteiger charge is -2.12. The molecule has 0 atom stereocenters. The molecule has 136 valence electrons. The lowest BCUT2D eigenvalue weighted by molar-refractivity contribution is 0.0683. The topological polar surface area (TPSA) is 104 Å². The molecular formula is C21H16O6. The number of carbonyl (C=O) groups is 2. The lowest BCUT2D eigenvalue weighted by Crippen LogP contribution is -2.04. The summed E-state index contributed by atoms with van der Waals surface area (Å²) in [6.45, 7) is 0.186. The predicted molar refractivity (Wildman–Crippen MR) is 98.2 cm³/mol. The highest BCUT2D eigenvalue weighted by Gasteiger charge is 2.15. The zero-order chi connectivity index (χ0) is 19.4. The van der Waals surface area contributed by atoms with Gasteiger partial charge in [0.1, 0.15) is 23.7 Å². The van der Waals surface area contributed by atoms with Crippen LogP contribution in [-0.2, 0) is 6.61 Å². The Morgan fingerprint density at radius 2 is 1.56 bits per heavy atom. The molecule has 0 fully saturated rings. The minimum atomic E-state index is -1.17. The van der Waals surface area contributed by atoms with Gasteiger partial charge in [-0.05, 0) is 47.0 Å². The summed E-state index contributed by atoms with van der Waals surface area (Å²) < 4.78 is 5.69. The third-order valence-electron chi connectivity index (χ3n) is 3.95. The van der Waals surface area contributed by atoms with E-state index in [1.54, 1.807) is 6.07 Å². The van der Waals surface area contributed by atoms with E-state index in [9.17, 15) is 19.8 Å². The third-order valence-corrected chi connectivity index (χ3v) is 3.95. The minimum Gasteiger partial charge on any atom is -0.508 e. The van der Waals surface area contributed by atoms with Crippen LogP contribution in [-0.4, -0.2) is 27.3 Å². The van der Waals surface area contributed by atoms with Crippen LogP contribution in [0.1, 0.15) is 26.3 Å². The summed E-state index contributed by atoms with van der Waals surface area (Å²) in [5, 5.41) is 28.3. The van der Waals surface area contributed by atoms with Gasteiger partial charge in [-0.3, -0.25) is 0 Å². The zero-order valence-corrected chi connectivity index (χ0v) is 14.1. The van der Waals surface area contributed by atoms with E-state index >= 15 is 0 Å². The summed E-state index contributed by atoms with van der Waals surface area (Å²) in [5.41, 5.74) is 1.77. The molecule has 6 nitrogen and oxygen atoms in total. The van der Waals surface area contributed by atoms with Crippen molar-refractivity contribution in [2.24, 2.45) is 0 Å². The Bertz CT molecular complexity index is 995. The molecule has 0 aliphatic rings. The fourth-order valence-electron chi connectivity index (χ4n) is 2.63. The first-order valence-electron chi connectivity index (χ1n) is 8.06. The van der Waals surface area contributed by atoms with Crippen molar-refractivity contribution in [3.05, 3.63) is 83.4 Å². The molecule has 0 saturated heterocycles. The van der Waals surface area contributed by atoms with Gasteiger partial charge in [0, 0.05) is 0 Å². The van der Waals surface area contributed by atoms with Gasteiger partial charge in [-0.2, -0.15) is 0 Å². The molecule has 3 aromatic rings. The van der Waals surface area contributed by atoms with E-state index in [2.05, 4.69) is 0 Å². The highest BCUT2D eigenvalue weighted by atomic mass is 16.5. The molecule has 0 saturated carbocycles. The molecule has 3 aromatic carbocycles. The Labute approximate surface area is 154 Å². The molecule has 0 radical (unpaired) electrons. The number of aromatic carboxylic acids is 2. The number of phenols is 1. The molecule has 3 rings (SSSR count). The van der Waals surface area contributed by atoms with Crippen LogP contribution in [0.5, 0.6) is 11.5 Å². The summed E-state index contributed by atoms with van der Waals surface area (Å²) in [4.78, 5) is 22.7. The van der Waals surface area contributed by atoms with E-state index < -0.39 is 11.9 Å². The molecular weight excluding hydrogens is 348 g/mol. The lowest BCUT2D eigenvalue weighted by atomic mass is 10.0. The smallest absolute Gasteiger partial charge is 0.339 e. The number of carboxylic acids is 2. The van der Waals surface area contributed by atoms with E-state index in [0.29, 0.717) is 11.1 Å². The largest absolute Gasteiger partial charge is 0.508 e. The first-order valence-corrected chi connectivity index (χ1v) is 8.06. The number of phenolic OH excluding ortho intramolecular Hbond substituents is 1. The minimum absolute atomic E-state index is 0.00621. The highest BCUT2D eigenvalue weighted by molar-refractivity contribution is 5.93. The van der Waals surface area contributed by atoms with E-state index in [-0.39, 0.29) is 29.2 Å². The Hall–Kier alpha value is -3.80. The van der Waals surface area contributed by atoms with E-state index in [4.69, 9.17) is 9.84 Å². The maximum absolute atomic E-state index is 11.5. The average Bonchev–Trinajstić information content (AvgIpc) is 2.66. The summed E-state index contributed by atoms with van der Waals surface area (Å²) in [7, 11) is 0. The summed E-state index contributed by atoms with van der Waals surface area (Å²) in [6.07, 6.45) is 0. The first kappa shape index (κ1) is 18.0. The van der Waals surface area contributed by atoms with Gasteiger partial charge in [-0.15, -0.1) is 0 Å². The monoisotopic (exact) mass is 364 g/mol. The van der Waals surface area contributed by atoms with Gasteiger partial charge < -0.3 is 20.1 Å². The van der Waals surface area contributed by atoms with Gasteiger partial charge in [0.05, 0.1) is 5.56 Å². The van der Waals surface area contributed by atoms with E-state index in [1.807, 2.05) is 30.3 Å². The molecule has 27 heavy (non-hydrogen) atoms. The number of hydrogen-bond acceptors (Lipinski definition) is 4. The van der Waals surface area contributed by atoms with Crippen molar-refractivity contribution in [1.29, 1.82) is 0 Å². The van der Waals surface area contributed by atoms with Crippen LogP contribution in [0.25, 0.3) is 11.1 Å². The Kier molecular flexibility index (Phi) is 5.08. The second kappa shape index (κ2) is 7.61. The summed E-state index contributed by atoms with van der Waals surface area (Å²) >= 11 is 0. The quantitative estimate of drug-likeness (QED) is 0.610. The van der Waals surface area contributed by atoms with E-state index in [0.717, 1.165) is 11.6 Å². The van der Waals surface area contributed by atoms with Crippen molar-refractivity contribution in [3.63, 3.8) is 0 Å². The number of hydrogen-bond donors (Lipinski definition) is 3. The van der Waals surface area contributed by atoms with Gasteiger partial charge >= 0.3 is 11.9 Å². The van der Waals surface area contributed by atoms with Gasteiger partial charge in [0.15, 0.2) is 0 Å². The maximum Gasteiger partial charge on any atom is 0.339 e. The van der Waals surface area contributed by atoms with Crippen molar-refractivity contribution in [2.45, 2.75) is 6.61 Å². The van der Waals surface area contributed by atoms with Crippen molar-refractivity contribution >= 4 is 11.9 Å². The highest BCUT2D eigenvalue weighted by Crippen LogP contribution is 2.31. The number of ether oxygens (including phenoxy) is 1.